The Bertz CT molecular complexity index is 447. The van der Waals surface area contributed by atoms with Crippen LogP contribution in [-0.2, 0) is 0 Å². The first kappa shape index (κ1) is 13.9. The molecule has 0 aliphatic carbocycles. The Morgan fingerprint density at radius 1 is 1.67 bits per heavy atom. The van der Waals surface area contributed by atoms with Crippen LogP contribution in [0.2, 0.25) is 0 Å². The largest absolute Gasteiger partial charge is 0.409 e. The molecule has 0 radical (unpaired) electrons. The van der Waals surface area contributed by atoms with Gasteiger partial charge in [0.25, 0.3) is 5.91 Å². The van der Waals surface area contributed by atoms with E-state index in [0.717, 1.165) is 6.20 Å². The zero-order valence-corrected chi connectivity index (χ0v) is 10.2. The van der Waals surface area contributed by atoms with Crippen molar-refractivity contribution in [2.24, 2.45) is 10.9 Å². The highest BCUT2D eigenvalue weighted by Crippen LogP contribution is 2.07. The van der Waals surface area contributed by atoms with Gasteiger partial charge >= 0.3 is 0 Å². The van der Waals surface area contributed by atoms with E-state index in [0.29, 0.717) is 0 Å². The number of aromatic nitrogens is 1. The fraction of sp³-hybridized carbons (Fsp3) is 0.364. The molecule has 7 heteroatoms. The van der Waals surface area contributed by atoms with Crippen molar-refractivity contribution < 1.29 is 14.4 Å². The van der Waals surface area contributed by atoms with Crippen LogP contribution in [-0.4, -0.2) is 39.9 Å². The first-order chi connectivity index (χ1) is 8.45. The number of hydrogen-bond acceptors (Lipinski definition) is 4. The van der Waals surface area contributed by atoms with Gasteiger partial charge in [0.2, 0.25) is 0 Å². The van der Waals surface area contributed by atoms with Gasteiger partial charge in [0.1, 0.15) is 17.3 Å². The van der Waals surface area contributed by atoms with Crippen LogP contribution in [0, 0.1) is 5.82 Å². The first-order valence-electron chi connectivity index (χ1n) is 5.30. The second-order valence-electron chi connectivity index (χ2n) is 3.92. The van der Waals surface area contributed by atoms with Crippen molar-refractivity contribution >= 4 is 11.7 Å². The Balaban J connectivity index is 2.74. The predicted octanol–water partition coefficient (Wildman–Crippen LogP) is 0.818. The summed E-state index contributed by atoms with van der Waals surface area (Å²) in [4.78, 5) is 17.1. The summed E-state index contributed by atoms with van der Waals surface area (Å²) in [6.07, 6.45) is 1.22. The molecule has 0 saturated heterocycles. The fourth-order valence-corrected chi connectivity index (χ4v) is 1.36. The van der Waals surface area contributed by atoms with Crippen LogP contribution in [0.4, 0.5) is 4.39 Å². The SMILES string of the molecule is CC(C/C(N)=N/O)N(C)C(=O)c1ccc(F)cn1. The van der Waals surface area contributed by atoms with E-state index in [1.54, 1.807) is 14.0 Å². The molecule has 3 N–H and O–H groups in total. The number of halogens is 1. The molecule has 0 aliphatic rings. The summed E-state index contributed by atoms with van der Waals surface area (Å²) in [5, 5.41) is 11.3. The molecular formula is C11H15FN4O2. The zero-order chi connectivity index (χ0) is 13.7. The fourth-order valence-electron chi connectivity index (χ4n) is 1.36. The maximum Gasteiger partial charge on any atom is 0.272 e. The van der Waals surface area contributed by atoms with Crippen molar-refractivity contribution in [3.05, 3.63) is 29.8 Å². The summed E-state index contributed by atoms with van der Waals surface area (Å²) in [6, 6.07) is 2.22. The molecule has 0 aromatic carbocycles. The molecule has 1 amide bonds. The molecule has 1 aromatic heterocycles. The normalized spacial score (nSPS) is 13.2. The number of oxime groups is 1. The molecular weight excluding hydrogens is 239 g/mol. The van der Waals surface area contributed by atoms with Crippen LogP contribution < -0.4 is 5.73 Å². The first-order valence-corrected chi connectivity index (χ1v) is 5.30. The van der Waals surface area contributed by atoms with E-state index in [-0.39, 0.29) is 29.9 Å². The number of amidine groups is 1. The third kappa shape index (κ3) is 3.41. The van der Waals surface area contributed by atoms with E-state index < -0.39 is 5.82 Å². The molecule has 1 unspecified atom stereocenters. The average molecular weight is 254 g/mol. The monoisotopic (exact) mass is 254 g/mol. The highest BCUT2D eigenvalue weighted by molar-refractivity contribution is 5.92. The van der Waals surface area contributed by atoms with Crippen molar-refractivity contribution in [2.45, 2.75) is 19.4 Å². The lowest BCUT2D eigenvalue weighted by atomic mass is 10.2. The number of pyridine rings is 1. The van der Waals surface area contributed by atoms with E-state index in [1.165, 1.54) is 17.0 Å². The van der Waals surface area contributed by atoms with Gasteiger partial charge in [-0.3, -0.25) is 4.79 Å². The molecule has 0 bridgehead atoms. The number of hydrogen-bond donors (Lipinski definition) is 2. The maximum atomic E-state index is 12.7. The summed E-state index contributed by atoms with van der Waals surface area (Å²) >= 11 is 0. The van der Waals surface area contributed by atoms with Crippen molar-refractivity contribution in [1.29, 1.82) is 0 Å². The molecule has 0 fully saturated rings. The van der Waals surface area contributed by atoms with Gasteiger partial charge in [-0.15, -0.1) is 0 Å². The predicted molar refractivity (Wildman–Crippen MR) is 63.8 cm³/mol. The summed E-state index contributed by atoms with van der Waals surface area (Å²) in [5.74, 6) is -0.818. The van der Waals surface area contributed by atoms with Crippen molar-refractivity contribution in [1.82, 2.24) is 9.88 Å². The lowest BCUT2D eigenvalue weighted by Crippen LogP contribution is -2.38. The molecule has 0 spiro atoms. The van der Waals surface area contributed by atoms with Gasteiger partial charge < -0.3 is 15.8 Å². The van der Waals surface area contributed by atoms with Gasteiger partial charge in [0.15, 0.2) is 0 Å². The summed E-state index contributed by atoms with van der Waals surface area (Å²) < 4.78 is 12.7. The van der Waals surface area contributed by atoms with Crippen molar-refractivity contribution in [3.8, 4) is 0 Å². The summed E-state index contributed by atoms with van der Waals surface area (Å²) in [5.41, 5.74) is 5.51. The third-order valence-electron chi connectivity index (χ3n) is 2.56. The highest BCUT2D eigenvalue weighted by Gasteiger charge is 2.19. The van der Waals surface area contributed by atoms with E-state index in [1.807, 2.05) is 0 Å². The van der Waals surface area contributed by atoms with Gasteiger partial charge in [-0.2, -0.15) is 0 Å². The van der Waals surface area contributed by atoms with Crippen LogP contribution in [0.3, 0.4) is 0 Å². The van der Waals surface area contributed by atoms with Crippen LogP contribution in [0.5, 0.6) is 0 Å². The van der Waals surface area contributed by atoms with Crippen LogP contribution >= 0.6 is 0 Å². The van der Waals surface area contributed by atoms with Gasteiger partial charge in [-0.05, 0) is 19.1 Å². The number of nitrogens with zero attached hydrogens (tertiary/aromatic N) is 3. The molecule has 98 valence electrons. The minimum absolute atomic E-state index is 0.0363. The molecule has 1 rings (SSSR count). The molecule has 1 aromatic rings. The van der Waals surface area contributed by atoms with Crippen molar-refractivity contribution in [2.75, 3.05) is 7.05 Å². The molecule has 18 heavy (non-hydrogen) atoms. The van der Waals surface area contributed by atoms with Crippen LogP contribution in [0.15, 0.2) is 23.5 Å². The number of nitrogens with two attached hydrogens (primary N) is 1. The third-order valence-corrected chi connectivity index (χ3v) is 2.56. The van der Waals surface area contributed by atoms with Crippen molar-refractivity contribution in [3.63, 3.8) is 0 Å². The average Bonchev–Trinajstić information content (AvgIpc) is 2.37. The molecule has 1 atom stereocenters. The Labute approximate surface area is 104 Å². The standard InChI is InChI=1S/C11H15FN4O2/c1-7(5-10(13)15-18)16(2)11(17)9-4-3-8(12)6-14-9/h3-4,6-7,18H,5H2,1-2H3,(H2,13,15). The van der Waals surface area contributed by atoms with Gasteiger partial charge in [-0.1, -0.05) is 5.16 Å². The minimum atomic E-state index is -0.501. The van der Waals surface area contributed by atoms with Gasteiger partial charge in [0, 0.05) is 19.5 Å². The number of carbonyl (C=O) groups is 1. The van der Waals surface area contributed by atoms with Crippen LogP contribution in [0.25, 0.3) is 0 Å². The molecule has 6 nitrogen and oxygen atoms in total. The van der Waals surface area contributed by atoms with Gasteiger partial charge in [0.05, 0.1) is 6.20 Å². The maximum absolute atomic E-state index is 12.7. The number of amides is 1. The van der Waals surface area contributed by atoms with Gasteiger partial charge in [-0.25, -0.2) is 9.37 Å². The van der Waals surface area contributed by atoms with E-state index >= 15 is 0 Å². The Kier molecular flexibility index (Phi) is 4.59. The summed E-state index contributed by atoms with van der Waals surface area (Å²) in [6.45, 7) is 1.75. The highest BCUT2D eigenvalue weighted by atomic mass is 19.1. The zero-order valence-electron chi connectivity index (χ0n) is 10.2. The lowest BCUT2D eigenvalue weighted by Gasteiger charge is -2.24. The Hall–Kier alpha value is -2.18. The second-order valence-corrected chi connectivity index (χ2v) is 3.92. The quantitative estimate of drug-likeness (QED) is 0.360. The van der Waals surface area contributed by atoms with E-state index in [2.05, 4.69) is 10.1 Å². The number of rotatable bonds is 4. The summed E-state index contributed by atoms with van der Waals surface area (Å²) in [7, 11) is 1.57. The smallest absolute Gasteiger partial charge is 0.272 e. The van der Waals surface area contributed by atoms with Crippen LogP contribution in [0.1, 0.15) is 23.8 Å². The number of carbonyl (C=O) groups excluding carboxylic acids is 1. The van der Waals surface area contributed by atoms with E-state index in [4.69, 9.17) is 10.9 Å². The Morgan fingerprint density at radius 2 is 2.33 bits per heavy atom. The van der Waals surface area contributed by atoms with E-state index in [9.17, 15) is 9.18 Å². The molecule has 0 saturated carbocycles. The molecule has 0 aliphatic heterocycles. The Morgan fingerprint density at radius 3 is 2.83 bits per heavy atom. The molecule has 1 heterocycles. The minimum Gasteiger partial charge on any atom is -0.409 e. The second kappa shape index (κ2) is 5.95. The topological polar surface area (TPSA) is 91.8 Å². The lowest BCUT2D eigenvalue weighted by molar-refractivity contribution is 0.0741.